The second-order valence-electron chi connectivity index (χ2n) is 5.72. The predicted molar refractivity (Wildman–Crippen MR) is 64.5 cm³/mol. The maximum atomic E-state index is 12.0. The van der Waals surface area contributed by atoms with Crippen molar-refractivity contribution in [3.8, 4) is 0 Å². The Labute approximate surface area is 111 Å². The van der Waals surface area contributed by atoms with Gasteiger partial charge < -0.3 is 10.4 Å². The Balaban J connectivity index is 2.43. The third-order valence-electron chi connectivity index (χ3n) is 2.95. The molecule has 1 heterocycles. The highest BCUT2D eigenvalue weighted by molar-refractivity contribution is 5.79. The largest absolute Gasteiger partial charge is 0.405 e. The maximum Gasteiger partial charge on any atom is 0.405 e. The van der Waals surface area contributed by atoms with Gasteiger partial charge in [0.15, 0.2) is 0 Å². The lowest BCUT2D eigenvalue weighted by atomic mass is 9.96. The van der Waals surface area contributed by atoms with Crippen molar-refractivity contribution in [1.29, 1.82) is 0 Å². The number of hydrogen-bond donors (Lipinski definition) is 2. The number of aliphatic hydroxyl groups is 1. The number of alkyl halides is 3. The van der Waals surface area contributed by atoms with Gasteiger partial charge in [0.2, 0.25) is 5.91 Å². The molecule has 1 saturated heterocycles. The smallest absolute Gasteiger partial charge is 0.389 e. The number of β-amino-alcohol motifs (C(OH)–C–C–N with tert-alkyl or cyclic N) is 1. The van der Waals surface area contributed by atoms with E-state index >= 15 is 0 Å². The van der Waals surface area contributed by atoms with Crippen LogP contribution in [-0.2, 0) is 4.79 Å². The molecule has 1 atom stereocenters. The summed E-state index contributed by atoms with van der Waals surface area (Å²) in [5, 5.41) is 11.6. The third kappa shape index (κ3) is 6.77. The summed E-state index contributed by atoms with van der Waals surface area (Å²) in [6.07, 6.45) is -3.04. The van der Waals surface area contributed by atoms with E-state index in [0.29, 0.717) is 19.5 Å². The van der Waals surface area contributed by atoms with E-state index in [4.69, 9.17) is 0 Å². The first kappa shape index (κ1) is 16.2. The monoisotopic (exact) mass is 282 g/mol. The number of hydrogen-bond acceptors (Lipinski definition) is 3. The number of rotatable bonds is 4. The van der Waals surface area contributed by atoms with Crippen LogP contribution in [0.25, 0.3) is 0 Å². The standard InChI is InChI=1S/C12H21F3N2O2/c1-11(2,19)8-17-5-3-4-9(6-17)10(18)16-7-12(13,14)15/h9,19H,3-8H2,1-2H3,(H,16,18). The number of carbonyl (C=O) groups excluding carboxylic acids is 1. The number of carbonyl (C=O) groups is 1. The van der Waals surface area contributed by atoms with E-state index in [0.717, 1.165) is 13.0 Å². The predicted octanol–water partition coefficient (Wildman–Crippen LogP) is 1.15. The van der Waals surface area contributed by atoms with Gasteiger partial charge >= 0.3 is 6.18 Å². The molecular weight excluding hydrogens is 261 g/mol. The van der Waals surface area contributed by atoms with Crippen LogP contribution in [0.1, 0.15) is 26.7 Å². The van der Waals surface area contributed by atoms with Crippen LogP contribution in [0.15, 0.2) is 0 Å². The molecule has 2 N–H and O–H groups in total. The molecule has 0 aromatic heterocycles. The number of halogens is 3. The van der Waals surface area contributed by atoms with Crippen LogP contribution >= 0.6 is 0 Å². The van der Waals surface area contributed by atoms with Gasteiger partial charge in [-0.25, -0.2) is 0 Å². The first-order valence-corrected chi connectivity index (χ1v) is 6.36. The number of likely N-dealkylation sites (tertiary alicyclic amines) is 1. The van der Waals surface area contributed by atoms with Crippen molar-refractivity contribution in [3.05, 3.63) is 0 Å². The maximum absolute atomic E-state index is 12.0. The molecule has 1 aliphatic rings. The Morgan fingerprint density at radius 1 is 1.42 bits per heavy atom. The summed E-state index contributed by atoms with van der Waals surface area (Å²) in [5.74, 6) is -0.990. The first-order chi connectivity index (χ1) is 8.57. The zero-order valence-electron chi connectivity index (χ0n) is 11.3. The molecule has 0 saturated carbocycles. The molecule has 0 bridgehead atoms. The van der Waals surface area contributed by atoms with Gasteiger partial charge in [-0.3, -0.25) is 9.69 Å². The zero-order chi connectivity index (χ0) is 14.7. The molecule has 0 aliphatic carbocycles. The van der Waals surface area contributed by atoms with Crippen LogP contribution in [0.4, 0.5) is 13.2 Å². The Bertz CT molecular complexity index is 313. The van der Waals surface area contributed by atoms with Crippen molar-refractivity contribution in [3.63, 3.8) is 0 Å². The Hall–Kier alpha value is -0.820. The number of nitrogens with one attached hydrogen (secondary N) is 1. The molecule has 7 heteroatoms. The molecule has 1 amide bonds. The summed E-state index contributed by atoms with van der Waals surface area (Å²) in [6, 6.07) is 0. The van der Waals surface area contributed by atoms with Gasteiger partial charge in [0.05, 0.1) is 11.5 Å². The van der Waals surface area contributed by atoms with E-state index in [9.17, 15) is 23.1 Å². The first-order valence-electron chi connectivity index (χ1n) is 6.36. The topological polar surface area (TPSA) is 52.6 Å². The normalized spacial score (nSPS) is 22.3. The molecule has 0 aromatic rings. The minimum absolute atomic E-state index is 0.397. The highest BCUT2D eigenvalue weighted by Crippen LogP contribution is 2.19. The molecular formula is C12H21F3N2O2. The molecule has 19 heavy (non-hydrogen) atoms. The fourth-order valence-corrected chi connectivity index (χ4v) is 2.29. The zero-order valence-corrected chi connectivity index (χ0v) is 11.3. The van der Waals surface area contributed by atoms with Crippen LogP contribution in [0.3, 0.4) is 0 Å². The fourth-order valence-electron chi connectivity index (χ4n) is 2.29. The minimum atomic E-state index is -4.38. The molecule has 1 unspecified atom stereocenters. The van der Waals surface area contributed by atoms with Gasteiger partial charge in [-0.15, -0.1) is 0 Å². The summed E-state index contributed by atoms with van der Waals surface area (Å²) in [7, 11) is 0. The van der Waals surface area contributed by atoms with E-state index < -0.39 is 30.1 Å². The van der Waals surface area contributed by atoms with Crippen LogP contribution in [0, 0.1) is 5.92 Å². The summed E-state index contributed by atoms with van der Waals surface area (Å²) in [5.41, 5.74) is -0.871. The second-order valence-corrected chi connectivity index (χ2v) is 5.72. The summed E-state index contributed by atoms with van der Waals surface area (Å²) in [4.78, 5) is 13.6. The number of amides is 1. The molecule has 0 radical (unpaired) electrons. The lowest BCUT2D eigenvalue weighted by Crippen LogP contribution is -2.48. The van der Waals surface area contributed by atoms with Crippen molar-refractivity contribution in [2.45, 2.75) is 38.5 Å². The summed E-state index contributed by atoms with van der Waals surface area (Å²) >= 11 is 0. The molecule has 1 fully saturated rings. The average Bonchev–Trinajstić information content (AvgIpc) is 2.23. The van der Waals surface area contributed by atoms with Crippen molar-refractivity contribution >= 4 is 5.91 Å². The van der Waals surface area contributed by atoms with Crippen molar-refractivity contribution in [1.82, 2.24) is 10.2 Å². The Kier molecular flexibility index (Phi) is 5.20. The van der Waals surface area contributed by atoms with Gasteiger partial charge in [-0.2, -0.15) is 13.2 Å². The van der Waals surface area contributed by atoms with Gasteiger partial charge in [0.1, 0.15) is 6.54 Å². The van der Waals surface area contributed by atoms with E-state index in [1.54, 1.807) is 13.8 Å². The van der Waals surface area contributed by atoms with Crippen LogP contribution in [0.5, 0.6) is 0 Å². The van der Waals surface area contributed by atoms with Crippen LogP contribution < -0.4 is 5.32 Å². The highest BCUT2D eigenvalue weighted by Gasteiger charge is 2.32. The van der Waals surface area contributed by atoms with E-state index in [1.165, 1.54) is 0 Å². The average molecular weight is 282 g/mol. The van der Waals surface area contributed by atoms with Crippen molar-refractivity contribution in [2.24, 2.45) is 5.92 Å². The van der Waals surface area contributed by atoms with Crippen molar-refractivity contribution in [2.75, 3.05) is 26.2 Å². The van der Waals surface area contributed by atoms with Gasteiger partial charge in [0, 0.05) is 13.1 Å². The quantitative estimate of drug-likeness (QED) is 0.813. The molecule has 0 aromatic carbocycles. The van der Waals surface area contributed by atoms with Gasteiger partial charge in [-0.05, 0) is 33.2 Å². The van der Waals surface area contributed by atoms with E-state index in [1.807, 2.05) is 10.2 Å². The summed E-state index contributed by atoms with van der Waals surface area (Å²) in [6.45, 7) is 3.62. The van der Waals surface area contributed by atoms with Crippen LogP contribution in [-0.4, -0.2) is 53.9 Å². The van der Waals surface area contributed by atoms with Gasteiger partial charge in [-0.1, -0.05) is 0 Å². The van der Waals surface area contributed by atoms with E-state index in [-0.39, 0.29) is 0 Å². The molecule has 1 rings (SSSR count). The number of piperidine rings is 1. The second kappa shape index (κ2) is 6.09. The summed E-state index contributed by atoms with van der Waals surface area (Å²) < 4.78 is 36.1. The molecule has 1 aliphatic heterocycles. The van der Waals surface area contributed by atoms with Gasteiger partial charge in [0.25, 0.3) is 0 Å². The third-order valence-corrected chi connectivity index (χ3v) is 2.95. The molecule has 112 valence electrons. The minimum Gasteiger partial charge on any atom is -0.389 e. The lowest BCUT2D eigenvalue weighted by Gasteiger charge is -2.35. The van der Waals surface area contributed by atoms with Crippen molar-refractivity contribution < 1.29 is 23.1 Å². The van der Waals surface area contributed by atoms with Crippen LogP contribution in [0.2, 0.25) is 0 Å². The Morgan fingerprint density at radius 2 is 2.05 bits per heavy atom. The highest BCUT2D eigenvalue weighted by atomic mass is 19.4. The SMILES string of the molecule is CC(C)(O)CN1CCCC(C(=O)NCC(F)(F)F)C1. The number of nitrogens with zero attached hydrogens (tertiary/aromatic N) is 1. The lowest BCUT2D eigenvalue weighted by molar-refractivity contribution is -0.142. The molecule has 0 spiro atoms. The fraction of sp³-hybridized carbons (Fsp3) is 0.917. The molecule has 4 nitrogen and oxygen atoms in total. The van der Waals surface area contributed by atoms with E-state index in [2.05, 4.69) is 0 Å². The Morgan fingerprint density at radius 3 is 2.58 bits per heavy atom.